The van der Waals surface area contributed by atoms with Gasteiger partial charge in [0.1, 0.15) is 0 Å². The maximum atomic E-state index is 13.2. The van der Waals surface area contributed by atoms with Crippen molar-refractivity contribution in [3.63, 3.8) is 0 Å². The second kappa shape index (κ2) is 10.5. The van der Waals surface area contributed by atoms with Crippen molar-refractivity contribution in [2.45, 2.75) is 23.3 Å². The van der Waals surface area contributed by atoms with Crippen LogP contribution in [0.4, 0.5) is 11.4 Å². The number of benzene rings is 3. The zero-order valence-electron chi connectivity index (χ0n) is 19.0. The van der Waals surface area contributed by atoms with Crippen molar-refractivity contribution < 1.29 is 19.1 Å². The lowest BCUT2D eigenvalue weighted by Gasteiger charge is -2.23. The molecule has 0 saturated heterocycles. The molecule has 0 bridgehead atoms. The highest BCUT2D eigenvalue weighted by Gasteiger charge is 2.27. The Hall–Kier alpha value is -3.62. The van der Waals surface area contributed by atoms with Crippen LogP contribution in [-0.2, 0) is 16.1 Å². The monoisotopic (exact) mass is 475 g/mol. The molecule has 0 aromatic heterocycles. The van der Waals surface area contributed by atoms with Gasteiger partial charge in [-0.15, -0.1) is 0 Å². The first-order valence-electron chi connectivity index (χ1n) is 10.8. The fourth-order valence-electron chi connectivity index (χ4n) is 3.61. The number of carbonyl (C=O) groups is 3. The lowest BCUT2D eigenvalue weighted by atomic mass is 10.1. The van der Waals surface area contributed by atoms with Crippen molar-refractivity contribution in [1.29, 1.82) is 0 Å². The standard InChI is InChI=1S/C26H25N3O4S/c1-17(30)27-16-18-7-9-19(10-8-18)25(31)28-20-11-12-22-24(15-20)34-23-6-4-3-5-21(23)26(32)29(22)13-14-33-2/h3-12,15H,13-14,16H2,1-2H3,(H,27,30)(H,28,31). The fraction of sp³-hybridized carbons (Fsp3) is 0.192. The minimum absolute atomic E-state index is 0.0740. The molecule has 1 aliphatic rings. The number of nitrogens with zero attached hydrogens (tertiary/aromatic N) is 1. The van der Waals surface area contributed by atoms with Gasteiger partial charge in [-0.1, -0.05) is 36.0 Å². The number of carbonyl (C=O) groups excluding carboxylic acids is 3. The maximum absolute atomic E-state index is 13.2. The Bertz CT molecular complexity index is 1230. The summed E-state index contributed by atoms with van der Waals surface area (Å²) in [5, 5.41) is 5.67. The summed E-state index contributed by atoms with van der Waals surface area (Å²) >= 11 is 1.50. The van der Waals surface area contributed by atoms with Crippen LogP contribution in [0, 0.1) is 0 Å². The van der Waals surface area contributed by atoms with Crippen molar-refractivity contribution >= 4 is 40.9 Å². The summed E-state index contributed by atoms with van der Waals surface area (Å²) in [6.45, 7) is 2.72. The molecule has 0 atom stereocenters. The average molecular weight is 476 g/mol. The van der Waals surface area contributed by atoms with Gasteiger partial charge in [0, 0.05) is 48.2 Å². The zero-order chi connectivity index (χ0) is 24.1. The molecule has 2 N–H and O–H groups in total. The van der Waals surface area contributed by atoms with Gasteiger partial charge in [-0.25, -0.2) is 0 Å². The number of fused-ring (bicyclic) bond motifs is 2. The summed E-state index contributed by atoms with van der Waals surface area (Å²) in [5.74, 6) is -0.416. The third kappa shape index (κ3) is 5.30. The van der Waals surface area contributed by atoms with Gasteiger partial charge < -0.3 is 20.3 Å². The number of hydrogen-bond acceptors (Lipinski definition) is 5. The normalized spacial score (nSPS) is 12.4. The highest BCUT2D eigenvalue weighted by molar-refractivity contribution is 7.99. The van der Waals surface area contributed by atoms with E-state index in [1.54, 1.807) is 30.2 Å². The lowest BCUT2D eigenvalue weighted by molar-refractivity contribution is -0.119. The molecular formula is C26H25N3O4S. The van der Waals surface area contributed by atoms with Crippen LogP contribution in [0.15, 0.2) is 76.5 Å². The van der Waals surface area contributed by atoms with Gasteiger partial charge in [0.2, 0.25) is 5.91 Å². The van der Waals surface area contributed by atoms with Crippen LogP contribution in [0.3, 0.4) is 0 Å². The topological polar surface area (TPSA) is 87.7 Å². The number of methoxy groups -OCH3 is 1. The van der Waals surface area contributed by atoms with E-state index in [1.165, 1.54) is 18.7 Å². The summed E-state index contributed by atoms with van der Waals surface area (Å²) in [5.41, 5.74) is 3.48. The largest absolute Gasteiger partial charge is 0.383 e. The van der Waals surface area contributed by atoms with E-state index in [9.17, 15) is 14.4 Å². The fourth-order valence-corrected chi connectivity index (χ4v) is 4.73. The summed E-state index contributed by atoms with van der Waals surface area (Å²) in [6, 6.07) is 20.1. The summed E-state index contributed by atoms with van der Waals surface area (Å²) in [6.07, 6.45) is 0. The van der Waals surface area contributed by atoms with Crippen LogP contribution in [0.25, 0.3) is 0 Å². The second-order valence-electron chi connectivity index (χ2n) is 7.79. The summed E-state index contributed by atoms with van der Waals surface area (Å²) in [4.78, 5) is 40.6. The van der Waals surface area contributed by atoms with Gasteiger partial charge in [0.15, 0.2) is 0 Å². The first kappa shape index (κ1) is 23.5. The molecule has 7 nitrogen and oxygen atoms in total. The quantitative estimate of drug-likeness (QED) is 0.531. The molecule has 4 rings (SSSR count). The second-order valence-corrected chi connectivity index (χ2v) is 8.87. The number of anilines is 2. The Morgan fingerprint density at radius 3 is 2.50 bits per heavy atom. The molecule has 0 radical (unpaired) electrons. The first-order chi connectivity index (χ1) is 16.5. The Kier molecular flexibility index (Phi) is 7.30. The van der Waals surface area contributed by atoms with Gasteiger partial charge in [-0.3, -0.25) is 14.4 Å². The van der Waals surface area contributed by atoms with Gasteiger partial charge in [-0.2, -0.15) is 0 Å². The number of ether oxygens (including phenoxy) is 1. The number of rotatable bonds is 7. The van der Waals surface area contributed by atoms with E-state index in [1.807, 2.05) is 48.5 Å². The highest BCUT2D eigenvalue weighted by Crippen LogP contribution is 2.42. The Morgan fingerprint density at radius 2 is 1.76 bits per heavy atom. The van der Waals surface area contributed by atoms with E-state index >= 15 is 0 Å². The van der Waals surface area contributed by atoms with E-state index in [2.05, 4.69) is 10.6 Å². The zero-order valence-corrected chi connectivity index (χ0v) is 19.8. The number of hydrogen-bond donors (Lipinski definition) is 2. The SMILES string of the molecule is COCCN1C(=O)c2ccccc2Sc2cc(NC(=O)c3ccc(CNC(C)=O)cc3)ccc21. The van der Waals surface area contributed by atoms with Crippen molar-refractivity contribution in [2.75, 3.05) is 30.5 Å². The number of amides is 3. The van der Waals surface area contributed by atoms with Gasteiger partial charge >= 0.3 is 0 Å². The van der Waals surface area contributed by atoms with E-state index in [0.29, 0.717) is 36.5 Å². The smallest absolute Gasteiger partial charge is 0.259 e. The minimum atomic E-state index is -0.239. The first-order valence-corrected chi connectivity index (χ1v) is 11.6. The molecule has 0 unspecified atom stereocenters. The molecule has 3 aromatic rings. The van der Waals surface area contributed by atoms with E-state index in [4.69, 9.17) is 4.74 Å². The molecule has 34 heavy (non-hydrogen) atoms. The van der Waals surface area contributed by atoms with Gasteiger partial charge in [0.05, 0.1) is 17.9 Å². The molecule has 0 fully saturated rings. The van der Waals surface area contributed by atoms with Crippen LogP contribution in [0.5, 0.6) is 0 Å². The van der Waals surface area contributed by atoms with Crippen LogP contribution < -0.4 is 15.5 Å². The Labute approximate surface area is 202 Å². The third-order valence-corrected chi connectivity index (χ3v) is 6.49. The third-order valence-electron chi connectivity index (χ3n) is 5.37. The molecule has 1 heterocycles. The minimum Gasteiger partial charge on any atom is -0.383 e. The predicted molar refractivity (Wildman–Crippen MR) is 132 cm³/mol. The van der Waals surface area contributed by atoms with Crippen molar-refractivity contribution in [2.24, 2.45) is 0 Å². The lowest BCUT2D eigenvalue weighted by Crippen LogP contribution is -2.33. The van der Waals surface area contributed by atoms with E-state index in [-0.39, 0.29) is 17.7 Å². The Morgan fingerprint density at radius 1 is 1.00 bits per heavy atom. The van der Waals surface area contributed by atoms with Crippen molar-refractivity contribution in [3.8, 4) is 0 Å². The average Bonchev–Trinajstić information content (AvgIpc) is 2.95. The van der Waals surface area contributed by atoms with Crippen molar-refractivity contribution in [3.05, 3.63) is 83.4 Å². The van der Waals surface area contributed by atoms with Gasteiger partial charge in [0.25, 0.3) is 11.8 Å². The predicted octanol–water partition coefficient (Wildman–Crippen LogP) is 4.33. The molecule has 0 spiro atoms. The maximum Gasteiger partial charge on any atom is 0.259 e. The van der Waals surface area contributed by atoms with Crippen LogP contribution >= 0.6 is 11.8 Å². The Balaban J connectivity index is 1.57. The molecule has 0 aliphatic carbocycles. The number of nitrogens with one attached hydrogen (secondary N) is 2. The molecular weight excluding hydrogens is 450 g/mol. The van der Waals surface area contributed by atoms with Crippen LogP contribution in [0.1, 0.15) is 33.2 Å². The molecule has 8 heteroatoms. The van der Waals surface area contributed by atoms with E-state index < -0.39 is 0 Å². The van der Waals surface area contributed by atoms with Crippen LogP contribution in [0.2, 0.25) is 0 Å². The van der Waals surface area contributed by atoms with Crippen LogP contribution in [-0.4, -0.2) is 38.0 Å². The summed E-state index contributed by atoms with van der Waals surface area (Å²) in [7, 11) is 1.61. The molecule has 3 aromatic carbocycles. The van der Waals surface area contributed by atoms with Crippen molar-refractivity contribution in [1.82, 2.24) is 5.32 Å². The molecule has 1 aliphatic heterocycles. The summed E-state index contributed by atoms with van der Waals surface area (Å²) < 4.78 is 5.22. The molecule has 3 amide bonds. The highest BCUT2D eigenvalue weighted by atomic mass is 32.2. The molecule has 174 valence electrons. The molecule has 0 saturated carbocycles. The van der Waals surface area contributed by atoms with E-state index in [0.717, 1.165) is 21.0 Å². The van der Waals surface area contributed by atoms with Gasteiger partial charge in [-0.05, 0) is 48.0 Å².